The van der Waals surface area contributed by atoms with Gasteiger partial charge in [0.05, 0.1) is 12.3 Å². The van der Waals surface area contributed by atoms with Crippen LogP contribution >= 0.6 is 35.8 Å². The quantitative estimate of drug-likeness (QED) is 0.529. The van der Waals surface area contributed by atoms with Crippen molar-refractivity contribution in [2.24, 2.45) is 4.99 Å². The summed E-state index contributed by atoms with van der Waals surface area (Å²) >= 11 is 7.93. The van der Waals surface area contributed by atoms with Crippen LogP contribution in [-0.2, 0) is 0 Å². The monoisotopic (exact) mass is 442 g/mol. The zero-order valence-electron chi connectivity index (χ0n) is 16.3. The first-order valence-corrected chi connectivity index (χ1v) is 10.8. The molecule has 0 saturated carbocycles. The van der Waals surface area contributed by atoms with Gasteiger partial charge in [0.15, 0.2) is 0 Å². The van der Waals surface area contributed by atoms with Crippen molar-refractivity contribution in [2.75, 3.05) is 25.0 Å². The molecule has 2 aromatic rings. The highest BCUT2D eigenvalue weighted by Gasteiger charge is 2.14. The van der Waals surface area contributed by atoms with Gasteiger partial charge in [0.2, 0.25) is 0 Å². The number of rotatable bonds is 4. The third-order valence-corrected chi connectivity index (χ3v) is 6.50. The summed E-state index contributed by atoms with van der Waals surface area (Å²) in [5.41, 5.74) is 4.70. The Kier molecular flexibility index (Phi) is 7.65. The molecule has 2 nitrogen and oxygen atoms in total. The fraction of sp³-hybridized carbons (Fsp3) is 0.208. The van der Waals surface area contributed by atoms with Crippen molar-refractivity contribution in [3.05, 3.63) is 89.0 Å². The molecule has 5 heteroatoms. The molecule has 0 aromatic heterocycles. The molecule has 1 heterocycles. The Morgan fingerprint density at radius 3 is 2.72 bits per heavy atom. The van der Waals surface area contributed by atoms with Gasteiger partial charge in [0, 0.05) is 40.0 Å². The van der Waals surface area contributed by atoms with Gasteiger partial charge in [-0.05, 0) is 36.3 Å². The average molecular weight is 443 g/mol. The van der Waals surface area contributed by atoms with Gasteiger partial charge >= 0.3 is 0 Å². The number of halogens is 2. The molecule has 2 aliphatic rings. The maximum atomic E-state index is 6.05. The van der Waals surface area contributed by atoms with E-state index in [1.807, 2.05) is 17.8 Å². The molecule has 0 saturated heterocycles. The number of aliphatic imine (C=N–C) groups is 1. The number of likely N-dealkylation sites (N-methyl/N-ethyl adjacent to an activating group) is 1. The fourth-order valence-electron chi connectivity index (χ4n) is 3.41. The first kappa shape index (κ1) is 21.8. The number of nitrogens with zero attached hydrogens (tertiary/aromatic N) is 2. The number of allylic oxidation sites excluding steroid dienone is 4. The lowest BCUT2D eigenvalue weighted by Gasteiger charge is -2.18. The first-order chi connectivity index (χ1) is 13.7. The van der Waals surface area contributed by atoms with E-state index in [9.17, 15) is 0 Å². The Labute approximate surface area is 188 Å². The predicted molar refractivity (Wildman–Crippen MR) is 131 cm³/mol. The summed E-state index contributed by atoms with van der Waals surface area (Å²) in [6, 6.07) is 17.0. The van der Waals surface area contributed by atoms with Crippen LogP contribution in [0.4, 0.5) is 5.69 Å². The molecule has 2 aromatic carbocycles. The van der Waals surface area contributed by atoms with Crippen molar-refractivity contribution < 1.29 is 0 Å². The summed E-state index contributed by atoms with van der Waals surface area (Å²) in [5, 5.41) is 1.25. The topological polar surface area (TPSA) is 15.6 Å². The standard InChI is InChI=1S/C24H23ClN2S.ClH/c1-27-17-16-26-22(21-7-3-4-8-23(21)27)15-10-18-6-2-5-9-24(18)28-20-13-11-19(25)12-14-20;/h2-13,15,20H,14,16-17H2,1H3;1H/b15-10+;. The van der Waals surface area contributed by atoms with Gasteiger partial charge in [-0.2, -0.15) is 0 Å². The molecule has 1 aliphatic heterocycles. The number of fused-ring (bicyclic) bond motifs is 1. The van der Waals surface area contributed by atoms with Crippen LogP contribution in [0.2, 0.25) is 0 Å². The van der Waals surface area contributed by atoms with Crippen LogP contribution in [0.1, 0.15) is 17.5 Å². The highest BCUT2D eigenvalue weighted by Crippen LogP contribution is 2.33. The van der Waals surface area contributed by atoms with E-state index in [0.29, 0.717) is 5.25 Å². The van der Waals surface area contributed by atoms with Crippen LogP contribution in [0.15, 0.2) is 87.8 Å². The summed E-state index contributed by atoms with van der Waals surface area (Å²) in [5.74, 6) is 0. The summed E-state index contributed by atoms with van der Waals surface area (Å²) < 4.78 is 0. The molecule has 1 aliphatic carbocycles. The highest BCUT2D eigenvalue weighted by atomic mass is 35.5. The lowest BCUT2D eigenvalue weighted by molar-refractivity contribution is 0.897. The highest BCUT2D eigenvalue weighted by molar-refractivity contribution is 8.00. The second-order valence-electron chi connectivity index (χ2n) is 6.92. The number of thioether (sulfide) groups is 1. The molecule has 0 amide bonds. The van der Waals surface area contributed by atoms with Gasteiger partial charge in [-0.3, -0.25) is 4.99 Å². The Balaban J connectivity index is 0.00000240. The summed E-state index contributed by atoms with van der Waals surface area (Å²) in [6.07, 6.45) is 11.6. The Bertz CT molecular complexity index is 978. The van der Waals surface area contributed by atoms with Gasteiger partial charge in [0.25, 0.3) is 0 Å². The molecule has 0 bridgehead atoms. The third kappa shape index (κ3) is 5.36. The zero-order chi connectivity index (χ0) is 19.3. The van der Waals surface area contributed by atoms with E-state index in [1.165, 1.54) is 21.7 Å². The van der Waals surface area contributed by atoms with Crippen molar-refractivity contribution in [3.63, 3.8) is 0 Å². The number of anilines is 1. The Morgan fingerprint density at radius 2 is 1.90 bits per heavy atom. The molecule has 29 heavy (non-hydrogen) atoms. The van der Waals surface area contributed by atoms with Crippen molar-refractivity contribution in [1.29, 1.82) is 0 Å². The normalized spacial score (nSPS) is 18.6. The maximum Gasteiger partial charge on any atom is 0.0668 e. The van der Waals surface area contributed by atoms with E-state index in [-0.39, 0.29) is 12.4 Å². The van der Waals surface area contributed by atoms with E-state index in [1.54, 1.807) is 0 Å². The van der Waals surface area contributed by atoms with E-state index in [2.05, 4.69) is 84.8 Å². The van der Waals surface area contributed by atoms with Crippen LogP contribution in [-0.4, -0.2) is 31.1 Å². The minimum Gasteiger partial charge on any atom is -0.372 e. The van der Waals surface area contributed by atoms with Crippen molar-refractivity contribution >= 4 is 53.2 Å². The van der Waals surface area contributed by atoms with Crippen LogP contribution in [0.5, 0.6) is 0 Å². The number of hydrogen-bond donors (Lipinski definition) is 0. The molecule has 0 spiro atoms. The Hall–Kier alpha value is -1.94. The first-order valence-electron chi connectivity index (χ1n) is 9.53. The van der Waals surface area contributed by atoms with Crippen molar-refractivity contribution in [3.8, 4) is 0 Å². The predicted octanol–water partition coefficient (Wildman–Crippen LogP) is 6.60. The average Bonchev–Trinajstić information content (AvgIpc) is 2.88. The van der Waals surface area contributed by atoms with Gasteiger partial charge < -0.3 is 4.90 Å². The third-order valence-electron chi connectivity index (χ3n) is 4.94. The number of hydrogen-bond acceptors (Lipinski definition) is 3. The molecule has 4 rings (SSSR count). The lowest BCUT2D eigenvalue weighted by Crippen LogP contribution is -2.20. The molecule has 0 N–H and O–H groups in total. The van der Waals surface area contributed by atoms with Gasteiger partial charge in [-0.1, -0.05) is 66.2 Å². The number of benzodiazepines with no additional fused rings is 1. The second-order valence-corrected chi connectivity index (χ2v) is 8.63. The van der Waals surface area contributed by atoms with Gasteiger partial charge in [0.1, 0.15) is 0 Å². The van der Waals surface area contributed by atoms with Gasteiger partial charge in [-0.25, -0.2) is 0 Å². The van der Waals surface area contributed by atoms with E-state index < -0.39 is 0 Å². The summed E-state index contributed by atoms with van der Waals surface area (Å²) in [7, 11) is 2.13. The molecule has 150 valence electrons. The molecule has 0 radical (unpaired) electrons. The van der Waals surface area contributed by atoms with E-state index >= 15 is 0 Å². The van der Waals surface area contributed by atoms with Crippen LogP contribution in [0.3, 0.4) is 0 Å². The van der Waals surface area contributed by atoms with Crippen LogP contribution in [0, 0.1) is 0 Å². The molecule has 0 fully saturated rings. The summed E-state index contributed by atoms with van der Waals surface area (Å²) in [6.45, 7) is 1.74. The van der Waals surface area contributed by atoms with Crippen molar-refractivity contribution in [2.45, 2.75) is 16.6 Å². The number of para-hydroxylation sites is 1. The van der Waals surface area contributed by atoms with Crippen LogP contribution in [0.25, 0.3) is 6.08 Å². The molecular formula is C24H24Cl2N2S. The minimum absolute atomic E-state index is 0. The SMILES string of the molecule is CN1CCN=C(/C=C/c2ccccc2SC2C=CC(Cl)=CC2)c2ccccc21.Cl. The summed E-state index contributed by atoms with van der Waals surface area (Å²) in [4.78, 5) is 8.38. The fourth-order valence-corrected chi connectivity index (χ4v) is 4.68. The molecular weight excluding hydrogens is 419 g/mol. The maximum absolute atomic E-state index is 6.05. The smallest absolute Gasteiger partial charge is 0.0668 e. The van der Waals surface area contributed by atoms with Gasteiger partial charge in [-0.15, -0.1) is 24.2 Å². The molecule has 1 atom stereocenters. The van der Waals surface area contributed by atoms with Crippen molar-refractivity contribution in [1.82, 2.24) is 0 Å². The second kappa shape index (κ2) is 10.2. The lowest BCUT2D eigenvalue weighted by atomic mass is 10.1. The zero-order valence-corrected chi connectivity index (χ0v) is 18.7. The van der Waals surface area contributed by atoms with E-state index in [4.69, 9.17) is 16.6 Å². The Morgan fingerprint density at radius 1 is 1.10 bits per heavy atom. The molecule has 1 unspecified atom stereocenters. The number of benzene rings is 2. The van der Waals surface area contributed by atoms with E-state index in [0.717, 1.165) is 30.3 Å². The largest absolute Gasteiger partial charge is 0.372 e. The van der Waals surface area contributed by atoms with Crippen LogP contribution < -0.4 is 4.90 Å². The minimum atomic E-state index is 0.